The maximum absolute atomic E-state index is 13.1. The highest BCUT2D eigenvalue weighted by molar-refractivity contribution is 5.29. The summed E-state index contributed by atoms with van der Waals surface area (Å²) in [6.07, 6.45) is 8.65. The van der Waals surface area contributed by atoms with Crippen LogP contribution in [0.25, 0.3) is 0 Å². The maximum atomic E-state index is 13.1. The summed E-state index contributed by atoms with van der Waals surface area (Å²) >= 11 is 0. The van der Waals surface area contributed by atoms with E-state index in [0.29, 0.717) is 0 Å². The second-order valence-corrected chi connectivity index (χ2v) is 5.28. The Morgan fingerprint density at radius 3 is 2.47 bits per heavy atom. The molecule has 0 aliphatic carbocycles. The molecule has 19 heavy (non-hydrogen) atoms. The molecule has 1 atom stereocenters. The Morgan fingerprint density at radius 2 is 1.84 bits per heavy atom. The number of hydrogen-bond donors (Lipinski definition) is 2. The van der Waals surface area contributed by atoms with E-state index in [9.17, 15) is 4.39 Å². The highest BCUT2D eigenvalue weighted by Crippen LogP contribution is 2.23. The molecule has 0 aliphatic heterocycles. The molecule has 0 saturated heterocycles. The van der Waals surface area contributed by atoms with Gasteiger partial charge in [0.2, 0.25) is 0 Å². The highest BCUT2D eigenvalue weighted by atomic mass is 19.1. The van der Waals surface area contributed by atoms with Crippen LogP contribution in [0, 0.1) is 12.7 Å². The second-order valence-electron chi connectivity index (χ2n) is 5.28. The predicted molar refractivity (Wildman–Crippen MR) is 79.2 cm³/mol. The minimum Gasteiger partial charge on any atom is -0.271 e. The monoisotopic (exact) mass is 266 g/mol. The van der Waals surface area contributed by atoms with Crippen LogP contribution in [0.4, 0.5) is 4.39 Å². The zero-order valence-corrected chi connectivity index (χ0v) is 12.2. The van der Waals surface area contributed by atoms with Crippen LogP contribution in [0.3, 0.4) is 0 Å². The molecule has 0 aliphatic rings. The molecule has 1 aromatic rings. The van der Waals surface area contributed by atoms with E-state index >= 15 is 0 Å². The van der Waals surface area contributed by atoms with Crippen molar-refractivity contribution in [2.45, 2.75) is 64.8 Å². The molecule has 1 rings (SSSR count). The number of rotatable bonds is 9. The van der Waals surface area contributed by atoms with Gasteiger partial charge in [-0.2, -0.15) is 0 Å². The van der Waals surface area contributed by atoms with Gasteiger partial charge in [-0.1, -0.05) is 51.5 Å². The molecular formula is C16H27FN2. The van der Waals surface area contributed by atoms with Crippen LogP contribution in [-0.4, -0.2) is 0 Å². The number of hydrogen-bond acceptors (Lipinski definition) is 2. The van der Waals surface area contributed by atoms with Crippen LogP contribution in [0.2, 0.25) is 0 Å². The van der Waals surface area contributed by atoms with Crippen molar-refractivity contribution in [1.29, 1.82) is 0 Å². The summed E-state index contributed by atoms with van der Waals surface area (Å²) in [7, 11) is 0. The third kappa shape index (κ3) is 5.70. The van der Waals surface area contributed by atoms with Gasteiger partial charge in [0.1, 0.15) is 5.82 Å². The molecule has 0 heterocycles. The zero-order chi connectivity index (χ0) is 14.1. The molecule has 0 bridgehead atoms. The summed E-state index contributed by atoms with van der Waals surface area (Å²) in [5.41, 5.74) is 4.93. The molecular weight excluding hydrogens is 239 g/mol. The lowest BCUT2D eigenvalue weighted by Crippen LogP contribution is -2.28. The van der Waals surface area contributed by atoms with E-state index in [1.807, 2.05) is 13.0 Å². The molecule has 2 nitrogen and oxygen atoms in total. The van der Waals surface area contributed by atoms with Crippen LogP contribution >= 0.6 is 0 Å². The molecule has 1 aromatic carbocycles. The third-order valence-corrected chi connectivity index (χ3v) is 3.65. The van der Waals surface area contributed by atoms with Crippen LogP contribution in [0.15, 0.2) is 18.2 Å². The van der Waals surface area contributed by atoms with Gasteiger partial charge < -0.3 is 0 Å². The fourth-order valence-corrected chi connectivity index (χ4v) is 2.49. The SMILES string of the molecule is CCCCCCCCC(NN)c1ccc(F)cc1C. The molecule has 108 valence electrons. The summed E-state index contributed by atoms with van der Waals surface area (Å²) in [6, 6.07) is 5.05. The molecule has 0 fully saturated rings. The van der Waals surface area contributed by atoms with Crippen molar-refractivity contribution in [3.05, 3.63) is 35.1 Å². The number of nitrogens with two attached hydrogens (primary N) is 1. The summed E-state index contributed by atoms with van der Waals surface area (Å²) < 4.78 is 13.1. The van der Waals surface area contributed by atoms with Crippen molar-refractivity contribution >= 4 is 0 Å². The van der Waals surface area contributed by atoms with Gasteiger partial charge in [-0.15, -0.1) is 0 Å². The Balaban J connectivity index is 2.40. The first-order chi connectivity index (χ1) is 9.19. The lowest BCUT2D eigenvalue weighted by Gasteiger charge is -2.18. The number of aryl methyl sites for hydroxylation is 1. The summed E-state index contributed by atoms with van der Waals surface area (Å²) in [5, 5.41) is 0. The van der Waals surface area contributed by atoms with Crippen LogP contribution in [-0.2, 0) is 0 Å². The lowest BCUT2D eigenvalue weighted by atomic mass is 9.96. The summed E-state index contributed by atoms with van der Waals surface area (Å²) in [5.74, 6) is 5.45. The minimum absolute atomic E-state index is 0.131. The molecule has 1 unspecified atom stereocenters. The van der Waals surface area contributed by atoms with Crippen molar-refractivity contribution in [3.8, 4) is 0 Å². The second kappa shape index (κ2) is 9.05. The standard InChI is InChI=1S/C16H27FN2/c1-3-4-5-6-7-8-9-16(19-18)15-11-10-14(17)12-13(15)2/h10-12,16,19H,3-9,18H2,1-2H3. The molecule has 0 radical (unpaired) electrons. The van der Waals surface area contributed by atoms with E-state index in [-0.39, 0.29) is 11.9 Å². The largest absolute Gasteiger partial charge is 0.271 e. The van der Waals surface area contributed by atoms with Gasteiger partial charge in [0.15, 0.2) is 0 Å². The smallest absolute Gasteiger partial charge is 0.123 e. The number of unbranched alkanes of at least 4 members (excludes halogenated alkanes) is 5. The van der Waals surface area contributed by atoms with Crippen LogP contribution in [0.5, 0.6) is 0 Å². The van der Waals surface area contributed by atoms with Crippen molar-refractivity contribution in [3.63, 3.8) is 0 Å². The molecule has 0 aromatic heterocycles. The molecule has 3 N–H and O–H groups in total. The molecule has 0 saturated carbocycles. The summed E-state index contributed by atoms with van der Waals surface area (Å²) in [6.45, 7) is 4.16. The maximum Gasteiger partial charge on any atom is 0.123 e. The van der Waals surface area contributed by atoms with Gasteiger partial charge in [-0.05, 0) is 36.6 Å². The van der Waals surface area contributed by atoms with Gasteiger partial charge in [0.25, 0.3) is 0 Å². The predicted octanol–water partition coefficient (Wildman–Crippen LogP) is 4.39. The topological polar surface area (TPSA) is 38.0 Å². The summed E-state index contributed by atoms with van der Waals surface area (Å²) in [4.78, 5) is 0. The van der Waals surface area contributed by atoms with Gasteiger partial charge in [0.05, 0.1) is 0 Å². The zero-order valence-electron chi connectivity index (χ0n) is 12.2. The average Bonchev–Trinajstić information content (AvgIpc) is 2.39. The van der Waals surface area contributed by atoms with E-state index in [1.165, 1.54) is 38.2 Å². The van der Waals surface area contributed by atoms with Crippen molar-refractivity contribution < 1.29 is 4.39 Å². The lowest BCUT2D eigenvalue weighted by molar-refractivity contribution is 0.474. The van der Waals surface area contributed by atoms with E-state index in [1.54, 1.807) is 6.07 Å². The quantitative estimate of drug-likeness (QED) is 0.395. The van der Waals surface area contributed by atoms with Gasteiger partial charge in [0, 0.05) is 6.04 Å². The first kappa shape index (κ1) is 16.1. The molecule has 3 heteroatoms. The minimum atomic E-state index is -0.184. The third-order valence-electron chi connectivity index (χ3n) is 3.65. The van der Waals surface area contributed by atoms with Gasteiger partial charge >= 0.3 is 0 Å². The highest BCUT2D eigenvalue weighted by Gasteiger charge is 2.12. The van der Waals surface area contributed by atoms with Crippen LogP contribution < -0.4 is 11.3 Å². The molecule has 0 spiro atoms. The van der Waals surface area contributed by atoms with E-state index in [0.717, 1.165) is 24.0 Å². The average molecular weight is 266 g/mol. The Morgan fingerprint density at radius 1 is 1.16 bits per heavy atom. The van der Waals surface area contributed by atoms with E-state index < -0.39 is 0 Å². The Bertz CT molecular complexity index is 366. The van der Waals surface area contributed by atoms with E-state index in [4.69, 9.17) is 5.84 Å². The van der Waals surface area contributed by atoms with Crippen LogP contribution in [0.1, 0.15) is 69.0 Å². The molecule has 0 amide bonds. The van der Waals surface area contributed by atoms with E-state index in [2.05, 4.69) is 12.3 Å². The first-order valence-electron chi connectivity index (χ1n) is 7.41. The number of nitrogens with one attached hydrogen (secondary N) is 1. The fraction of sp³-hybridized carbons (Fsp3) is 0.625. The normalized spacial score (nSPS) is 12.6. The fourth-order valence-electron chi connectivity index (χ4n) is 2.49. The number of halogens is 1. The van der Waals surface area contributed by atoms with Gasteiger partial charge in [-0.25, -0.2) is 4.39 Å². The Kier molecular flexibility index (Phi) is 7.68. The van der Waals surface area contributed by atoms with Crippen molar-refractivity contribution in [2.75, 3.05) is 0 Å². The van der Waals surface area contributed by atoms with Crippen molar-refractivity contribution in [2.24, 2.45) is 5.84 Å². The number of benzene rings is 1. The van der Waals surface area contributed by atoms with Crippen molar-refractivity contribution in [1.82, 2.24) is 5.43 Å². The van der Waals surface area contributed by atoms with Gasteiger partial charge in [-0.3, -0.25) is 11.3 Å². The first-order valence-corrected chi connectivity index (χ1v) is 7.41. The Hall–Kier alpha value is -0.930. The Labute approximate surface area is 116 Å². The number of hydrazine groups is 1.